The normalized spacial score (nSPS) is 20.8. The van der Waals surface area contributed by atoms with Crippen molar-refractivity contribution >= 4 is 23.7 Å². The van der Waals surface area contributed by atoms with Crippen LogP contribution in [0.3, 0.4) is 0 Å². The summed E-state index contributed by atoms with van der Waals surface area (Å²) in [4.78, 5) is 35.7. The van der Waals surface area contributed by atoms with Gasteiger partial charge in [-0.1, -0.05) is 0 Å². The first-order valence-electron chi connectivity index (χ1n) is 6.56. The summed E-state index contributed by atoms with van der Waals surface area (Å²) in [6.45, 7) is 1.10. The monoisotopic (exact) mass is 349 g/mol. The molecule has 7 nitrogen and oxygen atoms in total. The number of alkyl carbamates (subject to hydrolysis) is 1. The Morgan fingerprint density at radius 1 is 1.29 bits per heavy atom. The van der Waals surface area contributed by atoms with Gasteiger partial charge in [0.15, 0.2) is 0 Å². The number of halogens is 4. The quantitative estimate of drug-likeness (QED) is 0.644. The molecule has 1 saturated heterocycles. The van der Waals surface area contributed by atoms with E-state index in [0.29, 0.717) is 0 Å². The van der Waals surface area contributed by atoms with Crippen LogP contribution in [-0.2, 0) is 9.53 Å². The number of nitrogens with zero attached hydrogens (tertiary/aromatic N) is 1. The fourth-order valence-electron chi connectivity index (χ4n) is 2.02. The minimum absolute atomic E-state index is 0.152. The fourth-order valence-corrected chi connectivity index (χ4v) is 2.02. The van der Waals surface area contributed by atoms with E-state index in [-0.39, 0.29) is 17.2 Å². The summed E-state index contributed by atoms with van der Waals surface area (Å²) >= 11 is 0. The van der Waals surface area contributed by atoms with Gasteiger partial charge in [0.2, 0.25) is 0 Å². The Bertz CT molecular complexity index is 677. The van der Waals surface area contributed by atoms with Crippen LogP contribution in [0.2, 0.25) is 0 Å². The zero-order chi connectivity index (χ0) is 18.1. The minimum Gasteiger partial charge on any atom is -0.450 e. The second-order valence-electron chi connectivity index (χ2n) is 4.64. The molecule has 1 aromatic carbocycles. The molecule has 1 atom stereocenters. The summed E-state index contributed by atoms with van der Waals surface area (Å²) in [6, 6.07) is 2.19. The fraction of sp³-hybridized carbons (Fsp3) is 0.308. The van der Waals surface area contributed by atoms with Gasteiger partial charge in [-0.25, -0.2) is 18.9 Å². The second kappa shape index (κ2) is 5.98. The van der Waals surface area contributed by atoms with Crippen LogP contribution in [0.5, 0.6) is 0 Å². The highest BCUT2D eigenvalue weighted by molar-refractivity contribution is 6.24. The molecule has 0 unspecified atom stereocenters. The third-order valence-corrected chi connectivity index (χ3v) is 3.10. The van der Waals surface area contributed by atoms with Crippen LogP contribution in [-0.4, -0.2) is 36.5 Å². The SMILES string of the molecule is CCOC(=O)N[C@]1(C(F)(F)F)NC(=O)N(c2ccc(F)cc2)C1=O. The van der Waals surface area contributed by atoms with Crippen molar-refractivity contribution in [1.29, 1.82) is 0 Å². The molecule has 1 fully saturated rings. The van der Waals surface area contributed by atoms with Crippen LogP contribution in [0.4, 0.5) is 32.8 Å². The third kappa shape index (κ3) is 2.84. The Morgan fingerprint density at radius 2 is 1.88 bits per heavy atom. The molecule has 2 N–H and O–H groups in total. The lowest BCUT2D eigenvalue weighted by molar-refractivity contribution is -0.197. The minimum atomic E-state index is -5.35. The van der Waals surface area contributed by atoms with Crippen LogP contribution in [0, 0.1) is 5.82 Å². The highest BCUT2D eigenvalue weighted by Crippen LogP contribution is 2.35. The molecule has 0 aromatic heterocycles. The van der Waals surface area contributed by atoms with E-state index in [0.717, 1.165) is 24.3 Å². The molecule has 0 spiro atoms. The van der Waals surface area contributed by atoms with E-state index in [1.54, 1.807) is 0 Å². The number of imide groups is 1. The van der Waals surface area contributed by atoms with Gasteiger partial charge >= 0.3 is 18.3 Å². The lowest BCUT2D eigenvalue weighted by Gasteiger charge is -2.29. The van der Waals surface area contributed by atoms with Gasteiger partial charge in [0, 0.05) is 0 Å². The standard InChI is InChI=1S/C13H11F4N3O4/c1-2-24-11(23)19-12(13(15,16)17)9(21)20(10(22)18-12)8-5-3-7(14)4-6-8/h3-6H,2H2,1H3,(H,18,22)(H,19,23)/t12-/m1/s1. The Morgan fingerprint density at radius 3 is 2.38 bits per heavy atom. The number of hydrogen-bond donors (Lipinski definition) is 2. The lowest BCUT2D eigenvalue weighted by atomic mass is 10.1. The van der Waals surface area contributed by atoms with Gasteiger partial charge in [-0.3, -0.25) is 15.4 Å². The van der Waals surface area contributed by atoms with E-state index >= 15 is 0 Å². The largest absolute Gasteiger partial charge is 0.450 e. The second-order valence-corrected chi connectivity index (χ2v) is 4.64. The summed E-state index contributed by atoms with van der Waals surface area (Å²) < 4.78 is 57.5. The van der Waals surface area contributed by atoms with Crippen molar-refractivity contribution in [1.82, 2.24) is 10.6 Å². The molecule has 1 aliphatic rings. The van der Waals surface area contributed by atoms with E-state index in [1.165, 1.54) is 17.6 Å². The van der Waals surface area contributed by atoms with E-state index in [9.17, 15) is 31.9 Å². The van der Waals surface area contributed by atoms with Crippen LogP contribution < -0.4 is 15.5 Å². The molecule has 11 heteroatoms. The summed E-state index contributed by atoms with van der Waals surface area (Å²) in [5.74, 6) is -2.50. The van der Waals surface area contributed by atoms with E-state index in [4.69, 9.17) is 0 Å². The van der Waals surface area contributed by atoms with E-state index in [1.807, 2.05) is 0 Å². The van der Waals surface area contributed by atoms with Gasteiger partial charge in [0.1, 0.15) is 5.82 Å². The summed E-state index contributed by atoms with van der Waals surface area (Å²) in [5.41, 5.74) is -3.97. The lowest BCUT2D eigenvalue weighted by Crippen LogP contribution is -2.69. The molecule has 0 radical (unpaired) electrons. The first kappa shape index (κ1) is 17.5. The van der Waals surface area contributed by atoms with Crippen molar-refractivity contribution in [2.24, 2.45) is 0 Å². The molecular formula is C13H11F4N3O4. The van der Waals surface area contributed by atoms with Crippen LogP contribution in [0.15, 0.2) is 24.3 Å². The highest BCUT2D eigenvalue weighted by atomic mass is 19.4. The number of alkyl halides is 3. The number of carbonyl (C=O) groups excluding carboxylic acids is 3. The highest BCUT2D eigenvalue weighted by Gasteiger charge is 2.69. The summed E-state index contributed by atoms with van der Waals surface area (Å²) in [7, 11) is 0. The molecule has 4 amide bonds. The number of amides is 4. The zero-order valence-electron chi connectivity index (χ0n) is 12.1. The molecule has 0 aliphatic carbocycles. The average molecular weight is 349 g/mol. The molecular weight excluding hydrogens is 338 g/mol. The van der Waals surface area contributed by atoms with Crippen molar-refractivity contribution in [3.05, 3.63) is 30.1 Å². The summed E-state index contributed by atoms with van der Waals surface area (Å²) in [6.07, 6.45) is -6.88. The maximum absolute atomic E-state index is 13.4. The number of anilines is 1. The van der Waals surface area contributed by atoms with Crippen molar-refractivity contribution < 1.29 is 36.7 Å². The number of nitrogens with one attached hydrogen (secondary N) is 2. The van der Waals surface area contributed by atoms with Crippen molar-refractivity contribution in [2.45, 2.75) is 18.8 Å². The molecule has 1 heterocycles. The molecule has 2 rings (SSSR count). The number of benzene rings is 1. The maximum Gasteiger partial charge on any atom is 0.440 e. The maximum atomic E-state index is 13.4. The first-order valence-corrected chi connectivity index (χ1v) is 6.56. The van der Waals surface area contributed by atoms with Gasteiger partial charge in [0.25, 0.3) is 11.6 Å². The van der Waals surface area contributed by atoms with Crippen LogP contribution in [0.25, 0.3) is 0 Å². The molecule has 1 aliphatic heterocycles. The molecule has 0 bridgehead atoms. The Balaban J connectivity index is 2.43. The number of rotatable bonds is 3. The van der Waals surface area contributed by atoms with Crippen molar-refractivity contribution in [2.75, 3.05) is 11.5 Å². The predicted molar refractivity (Wildman–Crippen MR) is 71.4 cm³/mol. The number of urea groups is 1. The molecule has 130 valence electrons. The Kier molecular flexibility index (Phi) is 4.36. The van der Waals surface area contributed by atoms with Crippen molar-refractivity contribution in [3.63, 3.8) is 0 Å². The summed E-state index contributed by atoms with van der Waals surface area (Å²) in [5, 5.41) is 2.76. The molecule has 24 heavy (non-hydrogen) atoms. The molecule has 1 aromatic rings. The van der Waals surface area contributed by atoms with Crippen LogP contribution in [0.1, 0.15) is 6.92 Å². The van der Waals surface area contributed by atoms with Gasteiger partial charge in [-0.05, 0) is 31.2 Å². The smallest absolute Gasteiger partial charge is 0.440 e. The van der Waals surface area contributed by atoms with Gasteiger partial charge in [-0.15, -0.1) is 0 Å². The van der Waals surface area contributed by atoms with Gasteiger partial charge in [0.05, 0.1) is 12.3 Å². The number of hydrogen-bond acceptors (Lipinski definition) is 4. The number of carbonyl (C=O) groups is 3. The third-order valence-electron chi connectivity index (χ3n) is 3.10. The topological polar surface area (TPSA) is 87.7 Å². The van der Waals surface area contributed by atoms with E-state index in [2.05, 4.69) is 4.74 Å². The predicted octanol–water partition coefficient (Wildman–Crippen LogP) is 1.89. The van der Waals surface area contributed by atoms with E-state index < -0.39 is 35.7 Å². The first-order chi connectivity index (χ1) is 11.1. The van der Waals surface area contributed by atoms with Crippen molar-refractivity contribution in [3.8, 4) is 0 Å². The average Bonchev–Trinajstić information content (AvgIpc) is 2.72. The van der Waals surface area contributed by atoms with Gasteiger partial charge < -0.3 is 4.74 Å². The number of ether oxygens (including phenoxy) is 1. The van der Waals surface area contributed by atoms with Gasteiger partial charge in [-0.2, -0.15) is 13.2 Å². The Labute approximate surface area is 132 Å². The van der Waals surface area contributed by atoms with Crippen LogP contribution >= 0.6 is 0 Å². The zero-order valence-corrected chi connectivity index (χ0v) is 12.1. The Hall–Kier alpha value is -2.85. The molecule has 0 saturated carbocycles.